The van der Waals surface area contributed by atoms with Gasteiger partial charge in [-0.2, -0.15) is 13.2 Å². The summed E-state index contributed by atoms with van der Waals surface area (Å²) in [6.07, 6.45) is 10.5. The molecule has 200 valence electrons. The predicted octanol–water partition coefficient (Wildman–Crippen LogP) is 7.71. The molecule has 1 aromatic carbocycles. The number of nitrogens with one attached hydrogen (secondary N) is 2. The van der Waals surface area contributed by atoms with Crippen LogP contribution in [0, 0.1) is 0 Å². The van der Waals surface area contributed by atoms with Crippen molar-refractivity contribution in [2.24, 2.45) is 0 Å². The van der Waals surface area contributed by atoms with Crippen molar-refractivity contribution < 1.29 is 13.2 Å². The summed E-state index contributed by atoms with van der Waals surface area (Å²) in [4.78, 5) is 8.53. The highest BCUT2D eigenvalue weighted by molar-refractivity contribution is 5.54. The van der Waals surface area contributed by atoms with Crippen molar-refractivity contribution in [3.63, 3.8) is 0 Å². The van der Waals surface area contributed by atoms with Gasteiger partial charge in [0, 0.05) is 37.1 Å². The quantitative estimate of drug-likeness (QED) is 0.350. The SMILES string of the molecule is CC.FC(F)(F)c1ccc(Cc2cccc(C=C3CCC(NCc4cnc5c(c4)CC=CN5)CC3)c2)nc1. The Morgan fingerprint density at radius 1 is 1.00 bits per heavy atom. The van der Waals surface area contributed by atoms with E-state index in [9.17, 15) is 13.2 Å². The lowest BCUT2D eigenvalue weighted by Gasteiger charge is -2.25. The number of pyridine rings is 2. The van der Waals surface area contributed by atoms with E-state index in [4.69, 9.17) is 0 Å². The molecule has 5 rings (SSSR count). The van der Waals surface area contributed by atoms with Crippen LogP contribution < -0.4 is 10.6 Å². The molecule has 0 saturated heterocycles. The van der Waals surface area contributed by atoms with Crippen LogP contribution in [0.1, 0.15) is 73.0 Å². The minimum Gasteiger partial charge on any atom is -0.347 e. The molecule has 0 radical (unpaired) electrons. The summed E-state index contributed by atoms with van der Waals surface area (Å²) in [5, 5.41) is 6.88. The Morgan fingerprint density at radius 2 is 1.82 bits per heavy atom. The topological polar surface area (TPSA) is 49.8 Å². The van der Waals surface area contributed by atoms with E-state index in [1.807, 2.05) is 38.4 Å². The summed E-state index contributed by atoms with van der Waals surface area (Å²) in [6, 6.07) is 13.4. The molecule has 1 fully saturated rings. The maximum Gasteiger partial charge on any atom is 0.417 e. The van der Waals surface area contributed by atoms with Crippen LogP contribution in [-0.4, -0.2) is 16.0 Å². The van der Waals surface area contributed by atoms with Crippen LogP contribution in [0.15, 0.2) is 72.7 Å². The molecule has 38 heavy (non-hydrogen) atoms. The van der Waals surface area contributed by atoms with Crippen molar-refractivity contribution in [2.45, 2.75) is 71.1 Å². The molecule has 0 spiro atoms. The van der Waals surface area contributed by atoms with Crippen molar-refractivity contribution in [1.29, 1.82) is 0 Å². The van der Waals surface area contributed by atoms with E-state index < -0.39 is 11.7 Å². The third kappa shape index (κ3) is 7.54. The van der Waals surface area contributed by atoms with Gasteiger partial charge in [0.25, 0.3) is 0 Å². The molecule has 2 aromatic heterocycles. The zero-order chi connectivity index (χ0) is 27.0. The monoisotopic (exact) mass is 520 g/mol. The first-order chi connectivity index (χ1) is 18.4. The number of aromatic nitrogens is 2. The van der Waals surface area contributed by atoms with Crippen molar-refractivity contribution >= 4 is 11.9 Å². The minimum atomic E-state index is -4.36. The van der Waals surface area contributed by atoms with E-state index >= 15 is 0 Å². The molecule has 4 nitrogen and oxygen atoms in total. The van der Waals surface area contributed by atoms with E-state index in [0.717, 1.165) is 67.9 Å². The highest BCUT2D eigenvalue weighted by Gasteiger charge is 2.30. The number of allylic oxidation sites excluding steroid dienone is 2. The summed E-state index contributed by atoms with van der Waals surface area (Å²) in [6.45, 7) is 4.83. The van der Waals surface area contributed by atoms with Crippen LogP contribution in [-0.2, 0) is 25.6 Å². The number of rotatable bonds is 6. The second-order valence-corrected chi connectivity index (χ2v) is 9.52. The molecule has 0 unspecified atom stereocenters. The van der Waals surface area contributed by atoms with Crippen LogP contribution in [0.2, 0.25) is 0 Å². The number of benzene rings is 1. The average molecular weight is 521 g/mol. The van der Waals surface area contributed by atoms with E-state index in [2.05, 4.69) is 51.0 Å². The van der Waals surface area contributed by atoms with Gasteiger partial charge in [0.1, 0.15) is 5.82 Å². The van der Waals surface area contributed by atoms with Crippen molar-refractivity contribution in [1.82, 2.24) is 15.3 Å². The lowest BCUT2D eigenvalue weighted by atomic mass is 9.89. The van der Waals surface area contributed by atoms with Crippen LogP contribution >= 0.6 is 0 Å². The van der Waals surface area contributed by atoms with Crippen molar-refractivity contribution in [2.75, 3.05) is 5.32 Å². The molecule has 2 N–H and O–H groups in total. The fourth-order valence-corrected chi connectivity index (χ4v) is 4.80. The fourth-order valence-electron chi connectivity index (χ4n) is 4.80. The molecule has 1 saturated carbocycles. The van der Waals surface area contributed by atoms with Gasteiger partial charge in [-0.1, -0.05) is 55.8 Å². The standard InChI is InChI=1S/C29H29F3N4.C2H6/c30-29(31,32)25-8-11-27(35-19-25)16-22-4-1-3-21(14-22)13-20-6-9-26(10-7-20)34-17-23-15-24-5-2-12-33-28(24)36-18-23;1-2/h1-4,8,11-15,18-19,26,34H,5-7,9-10,16-17H2,(H,33,36);1-2H3. The highest BCUT2D eigenvalue weighted by Crippen LogP contribution is 2.29. The van der Waals surface area contributed by atoms with E-state index in [1.165, 1.54) is 22.8 Å². The molecule has 1 aliphatic carbocycles. The summed E-state index contributed by atoms with van der Waals surface area (Å²) in [5.74, 6) is 0.952. The van der Waals surface area contributed by atoms with Crippen LogP contribution in [0.25, 0.3) is 6.08 Å². The Bertz CT molecular complexity index is 1250. The van der Waals surface area contributed by atoms with Gasteiger partial charge in [-0.25, -0.2) is 4.98 Å². The Hall–Kier alpha value is -3.45. The second-order valence-electron chi connectivity index (χ2n) is 9.52. The number of fused-ring (bicyclic) bond motifs is 1. The predicted molar refractivity (Wildman–Crippen MR) is 148 cm³/mol. The molecule has 2 aliphatic rings. The Kier molecular flexibility index (Phi) is 9.34. The zero-order valence-corrected chi connectivity index (χ0v) is 22.0. The maximum atomic E-state index is 12.8. The third-order valence-corrected chi connectivity index (χ3v) is 6.78. The normalized spacial score (nSPS) is 16.7. The van der Waals surface area contributed by atoms with Crippen LogP contribution in [0.5, 0.6) is 0 Å². The number of alkyl halides is 3. The number of nitrogens with zero attached hydrogens (tertiary/aromatic N) is 2. The summed E-state index contributed by atoms with van der Waals surface area (Å²) in [5.41, 5.74) is 5.96. The first kappa shape index (κ1) is 27.6. The molecule has 1 aliphatic heterocycles. The highest BCUT2D eigenvalue weighted by atomic mass is 19.4. The van der Waals surface area contributed by atoms with E-state index in [1.54, 1.807) is 0 Å². The van der Waals surface area contributed by atoms with E-state index in [-0.39, 0.29) is 0 Å². The summed E-state index contributed by atoms with van der Waals surface area (Å²) < 4.78 is 38.3. The number of anilines is 1. The smallest absolute Gasteiger partial charge is 0.347 e. The molecule has 0 amide bonds. The average Bonchev–Trinajstić information content (AvgIpc) is 2.94. The Balaban J connectivity index is 0.00000164. The molecule has 0 atom stereocenters. The van der Waals surface area contributed by atoms with Gasteiger partial charge >= 0.3 is 6.18 Å². The van der Waals surface area contributed by atoms with E-state index in [0.29, 0.717) is 18.2 Å². The number of hydrogen-bond donors (Lipinski definition) is 2. The Labute approximate surface area is 223 Å². The van der Waals surface area contributed by atoms with Gasteiger partial charge < -0.3 is 10.6 Å². The van der Waals surface area contributed by atoms with Crippen LogP contribution in [0.3, 0.4) is 0 Å². The first-order valence-corrected chi connectivity index (χ1v) is 13.4. The zero-order valence-electron chi connectivity index (χ0n) is 22.0. The van der Waals surface area contributed by atoms with Crippen molar-refractivity contribution in [3.8, 4) is 0 Å². The number of hydrogen-bond acceptors (Lipinski definition) is 4. The fraction of sp³-hybridized carbons (Fsp3) is 0.355. The molecular weight excluding hydrogens is 485 g/mol. The van der Waals surface area contributed by atoms with Gasteiger partial charge in [0.2, 0.25) is 0 Å². The van der Waals surface area contributed by atoms with Gasteiger partial charge in [-0.05, 0) is 78.8 Å². The molecule has 3 heterocycles. The lowest BCUT2D eigenvalue weighted by Crippen LogP contribution is -2.31. The summed E-state index contributed by atoms with van der Waals surface area (Å²) in [7, 11) is 0. The van der Waals surface area contributed by atoms with Crippen molar-refractivity contribution in [3.05, 3.63) is 106 Å². The number of halogens is 3. The first-order valence-electron chi connectivity index (χ1n) is 13.4. The van der Waals surface area contributed by atoms with Gasteiger partial charge in [0.15, 0.2) is 0 Å². The minimum absolute atomic E-state index is 0.494. The van der Waals surface area contributed by atoms with Crippen LogP contribution in [0.4, 0.5) is 19.0 Å². The maximum absolute atomic E-state index is 12.8. The van der Waals surface area contributed by atoms with Gasteiger partial charge in [-0.3, -0.25) is 4.98 Å². The Morgan fingerprint density at radius 3 is 2.55 bits per heavy atom. The van der Waals surface area contributed by atoms with Gasteiger partial charge in [-0.15, -0.1) is 0 Å². The molecule has 0 bridgehead atoms. The molecule has 7 heteroatoms. The largest absolute Gasteiger partial charge is 0.417 e. The molecule has 3 aromatic rings. The second kappa shape index (κ2) is 12.9. The molecular formula is C31H35F3N4. The van der Waals surface area contributed by atoms with Gasteiger partial charge in [0.05, 0.1) is 5.56 Å². The summed E-state index contributed by atoms with van der Waals surface area (Å²) >= 11 is 0. The lowest BCUT2D eigenvalue weighted by molar-refractivity contribution is -0.137. The third-order valence-electron chi connectivity index (χ3n) is 6.78.